The molecule has 0 saturated carbocycles. The molecule has 4 rings (SSSR count). The summed E-state index contributed by atoms with van der Waals surface area (Å²) < 4.78 is 0. The number of nitrogens with one attached hydrogen (secondary N) is 3. The molecule has 0 bridgehead atoms. The van der Waals surface area contributed by atoms with E-state index in [1.54, 1.807) is 19.3 Å². The maximum atomic E-state index is 12.4. The van der Waals surface area contributed by atoms with Gasteiger partial charge in [-0.3, -0.25) is 19.6 Å². The van der Waals surface area contributed by atoms with Gasteiger partial charge in [0, 0.05) is 43.3 Å². The van der Waals surface area contributed by atoms with Crippen molar-refractivity contribution in [3.63, 3.8) is 0 Å². The molecule has 7 heteroatoms. The molecule has 1 saturated heterocycles. The van der Waals surface area contributed by atoms with Crippen molar-refractivity contribution in [2.24, 2.45) is 5.92 Å². The van der Waals surface area contributed by atoms with Gasteiger partial charge >= 0.3 is 0 Å². The second-order valence-electron chi connectivity index (χ2n) is 6.83. The Morgan fingerprint density at radius 1 is 1.22 bits per heavy atom. The van der Waals surface area contributed by atoms with Gasteiger partial charge in [-0.15, -0.1) is 0 Å². The number of amides is 2. The molecule has 1 aliphatic rings. The number of fused-ring (bicyclic) bond motifs is 1. The van der Waals surface area contributed by atoms with E-state index in [0.29, 0.717) is 18.7 Å². The maximum Gasteiger partial charge on any atom is 0.251 e. The number of aromatic nitrogens is 2. The minimum atomic E-state index is -0.0905. The molecule has 0 spiro atoms. The number of likely N-dealkylation sites (tertiary alicyclic amines) is 1. The normalized spacial score (nSPS) is 14.7. The van der Waals surface area contributed by atoms with Crippen LogP contribution in [-0.2, 0) is 11.3 Å². The highest BCUT2D eigenvalue weighted by molar-refractivity contribution is 5.95. The molecule has 2 aromatic carbocycles. The van der Waals surface area contributed by atoms with Crippen molar-refractivity contribution in [3.8, 4) is 0 Å². The highest BCUT2D eigenvalue weighted by atomic mass is 16.2. The topological polar surface area (TPSA) is 90.1 Å². The molecule has 1 aliphatic heterocycles. The summed E-state index contributed by atoms with van der Waals surface area (Å²) in [7, 11) is 1.62. The first kappa shape index (κ1) is 17.2. The predicted molar refractivity (Wildman–Crippen MR) is 103 cm³/mol. The van der Waals surface area contributed by atoms with Crippen LogP contribution >= 0.6 is 0 Å². The van der Waals surface area contributed by atoms with Crippen molar-refractivity contribution < 1.29 is 9.59 Å². The fourth-order valence-electron chi connectivity index (χ4n) is 3.34. The second kappa shape index (κ2) is 7.20. The van der Waals surface area contributed by atoms with Gasteiger partial charge in [-0.05, 0) is 35.9 Å². The fraction of sp³-hybridized carbons (Fsp3) is 0.250. The summed E-state index contributed by atoms with van der Waals surface area (Å²) in [5, 5.41) is 13.5. The highest BCUT2D eigenvalue weighted by Gasteiger charge is 2.32. The molecule has 1 fully saturated rings. The first-order valence-electron chi connectivity index (χ1n) is 8.90. The third-order valence-corrected chi connectivity index (χ3v) is 4.86. The van der Waals surface area contributed by atoms with E-state index in [4.69, 9.17) is 0 Å². The number of hydrogen-bond acceptors (Lipinski definition) is 4. The first-order chi connectivity index (χ1) is 13.1. The molecule has 0 unspecified atom stereocenters. The van der Waals surface area contributed by atoms with Crippen molar-refractivity contribution in [1.29, 1.82) is 0 Å². The van der Waals surface area contributed by atoms with Crippen LogP contribution in [0.2, 0.25) is 0 Å². The van der Waals surface area contributed by atoms with Gasteiger partial charge in [0.15, 0.2) is 0 Å². The van der Waals surface area contributed by atoms with E-state index in [0.717, 1.165) is 28.7 Å². The van der Waals surface area contributed by atoms with Crippen molar-refractivity contribution in [2.75, 3.05) is 25.5 Å². The molecule has 0 radical (unpaired) electrons. The number of benzene rings is 2. The lowest BCUT2D eigenvalue weighted by Gasteiger charge is -2.38. The first-order valence-corrected chi connectivity index (χ1v) is 8.90. The average Bonchev–Trinajstić information content (AvgIpc) is 3.11. The Morgan fingerprint density at radius 3 is 2.89 bits per heavy atom. The van der Waals surface area contributed by atoms with E-state index in [1.807, 2.05) is 36.4 Å². The highest BCUT2D eigenvalue weighted by Crippen LogP contribution is 2.22. The number of aromatic amines is 1. The van der Waals surface area contributed by atoms with E-state index >= 15 is 0 Å². The van der Waals surface area contributed by atoms with E-state index in [-0.39, 0.29) is 17.7 Å². The van der Waals surface area contributed by atoms with Gasteiger partial charge in [0.2, 0.25) is 5.91 Å². The molecule has 3 aromatic rings. The largest absolute Gasteiger partial charge is 0.355 e. The molecule has 138 valence electrons. The zero-order valence-corrected chi connectivity index (χ0v) is 15.0. The smallest absolute Gasteiger partial charge is 0.251 e. The molecule has 3 N–H and O–H groups in total. The molecule has 1 aromatic heterocycles. The Kier molecular flexibility index (Phi) is 4.60. The van der Waals surface area contributed by atoms with Crippen LogP contribution in [0.1, 0.15) is 15.9 Å². The minimum Gasteiger partial charge on any atom is -0.355 e. The SMILES string of the molecule is CNC(=O)c1cccc(CN2CC(C(=O)Nc3ccc4[nH]ncc4c3)C2)c1. The fourth-order valence-corrected chi connectivity index (χ4v) is 3.34. The van der Waals surface area contributed by atoms with Gasteiger partial charge in [-0.2, -0.15) is 5.10 Å². The second-order valence-corrected chi connectivity index (χ2v) is 6.83. The molecule has 2 heterocycles. The van der Waals surface area contributed by atoms with Crippen LogP contribution in [0.15, 0.2) is 48.7 Å². The Labute approximate surface area is 156 Å². The average molecular weight is 363 g/mol. The van der Waals surface area contributed by atoms with Crippen LogP contribution in [0.5, 0.6) is 0 Å². The lowest BCUT2D eigenvalue weighted by molar-refractivity contribution is -0.125. The van der Waals surface area contributed by atoms with Crippen LogP contribution in [0.3, 0.4) is 0 Å². The summed E-state index contributed by atoms with van der Waals surface area (Å²) >= 11 is 0. The summed E-state index contributed by atoms with van der Waals surface area (Å²) in [5.74, 6) is -0.0762. The van der Waals surface area contributed by atoms with Crippen LogP contribution < -0.4 is 10.6 Å². The third-order valence-electron chi connectivity index (χ3n) is 4.86. The zero-order chi connectivity index (χ0) is 18.8. The van der Waals surface area contributed by atoms with Gasteiger partial charge in [0.25, 0.3) is 5.91 Å². The molecule has 0 aliphatic carbocycles. The molecule has 27 heavy (non-hydrogen) atoms. The Bertz CT molecular complexity index is 991. The van der Waals surface area contributed by atoms with Crippen molar-refractivity contribution in [1.82, 2.24) is 20.4 Å². The lowest BCUT2D eigenvalue weighted by Crippen LogP contribution is -2.51. The summed E-state index contributed by atoms with van der Waals surface area (Å²) in [5.41, 5.74) is 3.45. The molecular formula is C20H21N5O2. The lowest BCUT2D eigenvalue weighted by atomic mass is 9.97. The van der Waals surface area contributed by atoms with Gasteiger partial charge in [-0.1, -0.05) is 12.1 Å². The number of H-pyrrole nitrogens is 1. The van der Waals surface area contributed by atoms with Crippen LogP contribution in [0.25, 0.3) is 10.9 Å². The number of carbonyl (C=O) groups is 2. The van der Waals surface area contributed by atoms with Crippen molar-refractivity contribution in [3.05, 3.63) is 59.8 Å². The van der Waals surface area contributed by atoms with Gasteiger partial charge in [0.1, 0.15) is 0 Å². The summed E-state index contributed by atoms with van der Waals surface area (Å²) in [6.45, 7) is 2.16. The van der Waals surface area contributed by atoms with E-state index in [2.05, 4.69) is 25.7 Å². The van der Waals surface area contributed by atoms with E-state index < -0.39 is 0 Å². The standard InChI is InChI=1S/C20H21N5O2/c1-21-19(26)14-4-2-3-13(7-14)10-25-11-16(12-25)20(27)23-17-5-6-18-15(8-17)9-22-24-18/h2-9,16H,10-12H2,1H3,(H,21,26)(H,22,24)(H,23,27). The van der Waals surface area contributed by atoms with Gasteiger partial charge < -0.3 is 10.6 Å². The Morgan fingerprint density at radius 2 is 2.07 bits per heavy atom. The van der Waals surface area contributed by atoms with Crippen molar-refractivity contribution in [2.45, 2.75) is 6.54 Å². The monoisotopic (exact) mass is 363 g/mol. The molecule has 2 amide bonds. The Balaban J connectivity index is 1.31. The third kappa shape index (κ3) is 3.68. The molecular weight excluding hydrogens is 342 g/mol. The number of nitrogens with zero attached hydrogens (tertiary/aromatic N) is 2. The summed E-state index contributed by atoms with van der Waals surface area (Å²) in [6, 6.07) is 13.3. The quantitative estimate of drug-likeness (QED) is 0.647. The van der Waals surface area contributed by atoms with Crippen molar-refractivity contribution >= 4 is 28.4 Å². The van der Waals surface area contributed by atoms with Crippen LogP contribution in [0, 0.1) is 5.92 Å². The van der Waals surface area contributed by atoms with Gasteiger partial charge in [-0.25, -0.2) is 0 Å². The number of anilines is 1. The van der Waals surface area contributed by atoms with E-state index in [9.17, 15) is 9.59 Å². The number of carbonyl (C=O) groups excluding carboxylic acids is 2. The number of hydrogen-bond donors (Lipinski definition) is 3. The molecule has 7 nitrogen and oxygen atoms in total. The van der Waals surface area contributed by atoms with E-state index in [1.165, 1.54) is 0 Å². The minimum absolute atomic E-state index is 0.0211. The zero-order valence-electron chi connectivity index (χ0n) is 15.0. The maximum absolute atomic E-state index is 12.4. The predicted octanol–water partition coefficient (Wildman–Crippen LogP) is 1.99. The van der Waals surface area contributed by atoms with Gasteiger partial charge in [0.05, 0.1) is 17.6 Å². The Hall–Kier alpha value is -3.19. The summed E-state index contributed by atoms with van der Waals surface area (Å²) in [4.78, 5) is 26.4. The molecule has 0 atom stereocenters. The number of rotatable bonds is 5. The van der Waals surface area contributed by atoms with Crippen LogP contribution in [-0.4, -0.2) is 47.0 Å². The summed E-state index contributed by atoms with van der Waals surface area (Å²) in [6.07, 6.45) is 1.74. The van der Waals surface area contributed by atoms with Crippen LogP contribution in [0.4, 0.5) is 5.69 Å².